The van der Waals surface area contributed by atoms with Crippen LogP contribution in [0, 0.1) is 23.7 Å². The summed E-state index contributed by atoms with van der Waals surface area (Å²) in [4.78, 5) is 35.5. The van der Waals surface area contributed by atoms with Gasteiger partial charge in [-0.1, -0.05) is 5.92 Å². The standard InChI is InChI=1S/C18H20O7/c1-4-5-6-9-14(21)15-16(23-12(2)19)17(24-13(3)20)18(25-15)10-7-8-11-22-18/h15-17H,7-8,10-11H2,1-3H3/t15-,16-,17-,18-/m1/s1. The van der Waals surface area contributed by atoms with Crippen LogP contribution in [-0.2, 0) is 33.3 Å². The van der Waals surface area contributed by atoms with Crippen molar-refractivity contribution in [2.24, 2.45) is 0 Å². The minimum absolute atomic E-state index is 0.387. The van der Waals surface area contributed by atoms with Crippen LogP contribution in [-0.4, -0.2) is 48.4 Å². The van der Waals surface area contributed by atoms with E-state index in [1.165, 1.54) is 13.8 Å². The van der Waals surface area contributed by atoms with Gasteiger partial charge in [-0.2, -0.15) is 0 Å². The molecule has 2 aliphatic rings. The van der Waals surface area contributed by atoms with Crippen LogP contribution in [0.1, 0.15) is 40.0 Å². The van der Waals surface area contributed by atoms with Crippen LogP contribution in [0.3, 0.4) is 0 Å². The van der Waals surface area contributed by atoms with Crippen molar-refractivity contribution in [1.29, 1.82) is 0 Å². The van der Waals surface area contributed by atoms with Gasteiger partial charge >= 0.3 is 11.9 Å². The third-order valence-corrected chi connectivity index (χ3v) is 3.85. The van der Waals surface area contributed by atoms with Gasteiger partial charge in [0.1, 0.15) is 0 Å². The van der Waals surface area contributed by atoms with E-state index in [0.29, 0.717) is 13.0 Å². The molecule has 0 radical (unpaired) electrons. The molecule has 1 spiro atoms. The van der Waals surface area contributed by atoms with Gasteiger partial charge in [-0.25, -0.2) is 0 Å². The maximum absolute atomic E-state index is 12.4. The molecule has 7 heteroatoms. The fraction of sp³-hybridized carbons (Fsp3) is 0.611. The molecule has 0 aliphatic carbocycles. The number of ether oxygens (including phenoxy) is 4. The molecule has 2 fully saturated rings. The Labute approximate surface area is 146 Å². The van der Waals surface area contributed by atoms with E-state index in [9.17, 15) is 14.4 Å². The Bertz CT molecular complexity index is 667. The van der Waals surface area contributed by atoms with Crippen molar-refractivity contribution in [2.75, 3.05) is 6.61 Å². The largest absolute Gasteiger partial charge is 0.455 e. The Balaban J connectivity index is 2.38. The summed E-state index contributed by atoms with van der Waals surface area (Å²) in [5.41, 5.74) is 0. The van der Waals surface area contributed by atoms with Crippen LogP contribution in [0.2, 0.25) is 0 Å². The summed E-state index contributed by atoms with van der Waals surface area (Å²) >= 11 is 0. The first kappa shape index (κ1) is 19.0. The second-order valence-electron chi connectivity index (χ2n) is 5.75. The molecule has 0 N–H and O–H groups in total. The summed E-state index contributed by atoms with van der Waals surface area (Å²) in [7, 11) is 0. The van der Waals surface area contributed by atoms with E-state index >= 15 is 0 Å². The topological polar surface area (TPSA) is 88.1 Å². The van der Waals surface area contributed by atoms with Crippen molar-refractivity contribution in [1.82, 2.24) is 0 Å². The molecule has 0 aromatic carbocycles. The molecule has 134 valence electrons. The summed E-state index contributed by atoms with van der Waals surface area (Å²) in [6, 6.07) is 0. The molecule has 2 saturated heterocycles. The molecule has 2 heterocycles. The predicted octanol–water partition coefficient (Wildman–Crippen LogP) is 0.741. The molecule has 0 saturated carbocycles. The SMILES string of the molecule is CC#CC#CC(=O)[C@H]1O[C@]2(CCCCO2)[C@H](OC(C)=O)[C@@H]1OC(C)=O. The predicted molar refractivity (Wildman–Crippen MR) is 84.7 cm³/mol. The molecule has 2 rings (SSSR count). The first-order valence-electron chi connectivity index (χ1n) is 8.02. The summed E-state index contributed by atoms with van der Waals surface area (Å²) in [5, 5.41) is 0. The zero-order valence-corrected chi connectivity index (χ0v) is 14.4. The summed E-state index contributed by atoms with van der Waals surface area (Å²) in [5.74, 6) is 6.62. The number of hydrogen-bond acceptors (Lipinski definition) is 7. The normalized spacial score (nSPS) is 30.4. The maximum atomic E-state index is 12.4. The first-order chi connectivity index (χ1) is 11.9. The van der Waals surface area contributed by atoms with Crippen LogP contribution in [0.4, 0.5) is 0 Å². The van der Waals surface area contributed by atoms with E-state index in [-0.39, 0.29) is 0 Å². The zero-order chi connectivity index (χ0) is 18.4. The Morgan fingerprint density at radius 3 is 2.36 bits per heavy atom. The Morgan fingerprint density at radius 1 is 1.08 bits per heavy atom. The summed E-state index contributed by atoms with van der Waals surface area (Å²) in [6.45, 7) is 4.41. The molecule has 0 unspecified atom stereocenters. The van der Waals surface area contributed by atoms with Crippen LogP contribution in [0.15, 0.2) is 0 Å². The van der Waals surface area contributed by atoms with Gasteiger partial charge < -0.3 is 18.9 Å². The number of Topliss-reactive ketones (excluding diaryl/α,β-unsaturated/α-hetero) is 1. The van der Waals surface area contributed by atoms with Crippen molar-refractivity contribution in [3.63, 3.8) is 0 Å². The molecular weight excluding hydrogens is 328 g/mol. The quantitative estimate of drug-likeness (QED) is 0.422. The fourth-order valence-corrected chi connectivity index (χ4v) is 2.95. The number of rotatable bonds is 3. The lowest BCUT2D eigenvalue weighted by Gasteiger charge is -2.37. The molecule has 0 bridgehead atoms. The average Bonchev–Trinajstić information content (AvgIpc) is 2.82. The van der Waals surface area contributed by atoms with Crippen LogP contribution in [0.5, 0.6) is 0 Å². The van der Waals surface area contributed by atoms with Crippen molar-refractivity contribution in [2.45, 2.75) is 64.1 Å². The fourth-order valence-electron chi connectivity index (χ4n) is 2.95. The lowest BCUT2D eigenvalue weighted by molar-refractivity contribution is -0.275. The van der Waals surface area contributed by atoms with E-state index in [1.54, 1.807) is 6.92 Å². The monoisotopic (exact) mass is 348 g/mol. The van der Waals surface area contributed by atoms with Gasteiger partial charge in [-0.05, 0) is 37.5 Å². The molecule has 0 aromatic heterocycles. The molecular formula is C18H20O7. The van der Waals surface area contributed by atoms with Crippen molar-refractivity contribution in [3.05, 3.63) is 0 Å². The molecule has 25 heavy (non-hydrogen) atoms. The highest BCUT2D eigenvalue weighted by Crippen LogP contribution is 2.42. The van der Waals surface area contributed by atoms with Gasteiger partial charge in [0.25, 0.3) is 0 Å². The smallest absolute Gasteiger partial charge is 0.303 e. The third-order valence-electron chi connectivity index (χ3n) is 3.85. The zero-order valence-electron chi connectivity index (χ0n) is 14.4. The van der Waals surface area contributed by atoms with Crippen LogP contribution >= 0.6 is 0 Å². The average molecular weight is 348 g/mol. The van der Waals surface area contributed by atoms with Crippen molar-refractivity contribution < 1.29 is 33.3 Å². The van der Waals surface area contributed by atoms with E-state index in [4.69, 9.17) is 18.9 Å². The number of ketones is 1. The minimum Gasteiger partial charge on any atom is -0.455 e. The highest BCUT2D eigenvalue weighted by molar-refractivity contribution is 6.00. The second kappa shape index (κ2) is 8.15. The van der Waals surface area contributed by atoms with Gasteiger partial charge in [-0.3, -0.25) is 14.4 Å². The third kappa shape index (κ3) is 4.39. The van der Waals surface area contributed by atoms with Crippen LogP contribution in [0.25, 0.3) is 0 Å². The summed E-state index contributed by atoms with van der Waals surface area (Å²) in [6.07, 6.45) is -1.39. The molecule has 4 atom stereocenters. The van der Waals surface area contributed by atoms with Crippen molar-refractivity contribution >= 4 is 17.7 Å². The second-order valence-corrected chi connectivity index (χ2v) is 5.75. The van der Waals surface area contributed by atoms with E-state index in [1.807, 2.05) is 0 Å². The summed E-state index contributed by atoms with van der Waals surface area (Å²) < 4.78 is 22.1. The van der Waals surface area contributed by atoms with Gasteiger partial charge in [0, 0.05) is 20.3 Å². The van der Waals surface area contributed by atoms with Crippen molar-refractivity contribution in [3.8, 4) is 23.7 Å². The Hall–Kier alpha value is -2.35. The highest BCUT2D eigenvalue weighted by atomic mass is 16.8. The lowest BCUT2D eigenvalue weighted by atomic mass is 9.96. The number of carbonyl (C=O) groups is 3. The van der Waals surface area contributed by atoms with E-state index in [0.717, 1.165) is 12.8 Å². The van der Waals surface area contributed by atoms with Gasteiger partial charge in [-0.15, -0.1) is 0 Å². The minimum atomic E-state index is -1.32. The molecule has 2 aliphatic heterocycles. The van der Waals surface area contributed by atoms with Gasteiger partial charge in [0.2, 0.25) is 11.6 Å². The first-order valence-corrected chi connectivity index (χ1v) is 8.02. The maximum Gasteiger partial charge on any atom is 0.303 e. The van der Waals surface area contributed by atoms with E-state index < -0.39 is 41.8 Å². The lowest BCUT2D eigenvalue weighted by Crippen LogP contribution is -2.50. The Kier molecular flexibility index (Phi) is 6.19. The number of esters is 2. The number of carbonyl (C=O) groups excluding carboxylic acids is 3. The van der Waals surface area contributed by atoms with E-state index in [2.05, 4.69) is 23.7 Å². The van der Waals surface area contributed by atoms with Gasteiger partial charge in [0.15, 0.2) is 18.3 Å². The molecule has 7 nitrogen and oxygen atoms in total. The number of hydrogen-bond donors (Lipinski definition) is 0. The van der Waals surface area contributed by atoms with Gasteiger partial charge in [0.05, 0.1) is 6.61 Å². The molecule has 0 aromatic rings. The Morgan fingerprint density at radius 2 is 1.80 bits per heavy atom. The van der Waals surface area contributed by atoms with Crippen LogP contribution < -0.4 is 0 Å². The highest BCUT2D eigenvalue weighted by Gasteiger charge is 2.62. The molecule has 0 amide bonds.